The molecule has 0 aliphatic heterocycles. The zero-order valence-corrected chi connectivity index (χ0v) is 21.6. The van der Waals surface area contributed by atoms with Crippen LogP contribution in [0.15, 0.2) is 23.2 Å². The number of sulfonamides is 1. The van der Waals surface area contributed by atoms with Crippen molar-refractivity contribution in [3.05, 3.63) is 34.1 Å². The fourth-order valence-electron chi connectivity index (χ4n) is 5.18. The lowest BCUT2D eigenvalue weighted by atomic mass is 9.84. The second-order valence-electron chi connectivity index (χ2n) is 9.30. The second kappa shape index (κ2) is 11.0. The van der Waals surface area contributed by atoms with Crippen LogP contribution in [0.25, 0.3) is 0 Å². The molecule has 4 rings (SSSR count). The van der Waals surface area contributed by atoms with Crippen LogP contribution in [0, 0.1) is 5.92 Å². The molecule has 33 heavy (non-hydrogen) atoms. The molecule has 2 aromatic heterocycles. The van der Waals surface area contributed by atoms with Gasteiger partial charge in [-0.25, -0.2) is 23.1 Å². The van der Waals surface area contributed by atoms with Gasteiger partial charge in [0.05, 0.1) is 5.69 Å². The van der Waals surface area contributed by atoms with Gasteiger partial charge in [-0.1, -0.05) is 18.5 Å². The molecule has 2 aliphatic rings. The molecular weight excluding hydrogens is 478 g/mol. The number of nitrogen functional groups attached to an aromatic ring is 1. The molecule has 2 heterocycles. The van der Waals surface area contributed by atoms with Crippen LogP contribution in [0.4, 0.5) is 5.13 Å². The van der Waals surface area contributed by atoms with E-state index >= 15 is 0 Å². The highest BCUT2D eigenvalue weighted by atomic mass is 35.5. The number of aryl methyl sites for hydroxylation is 1. The van der Waals surface area contributed by atoms with Crippen LogP contribution >= 0.6 is 22.9 Å². The van der Waals surface area contributed by atoms with Crippen LogP contribution in [-0.4, -0.2) is 48.5 Å². The Morgan fingerprint density at radius 3 is 2.70 bits per heavy atom. The smallest absolute Gasteiger partial charge is 0.242 e. The third-order valence-electron chi connectivity index (χ3n) is 6.96. The summed E-state index contributed by atoms with van der Waals surface area (Å²) in [7, 11) is -3.56. The van der Waals surface area contributed by atoms with E-state index in [-0.39, 0.29) is 16.1 Å². The van der Waals surface area contributed by atoms with Crippen molar-refractivity contribution < 1.29 is 8.42 Å². The second-order valence-corrected chi connectivity index (χ2v) is 12.5. The van der Waals surface area contributed by atoms with Crippen molar-refractivity contribution in [3.8, 4) is 0 Å². The Balaban J connectivity index is 1.25. The van der Waals surface area contributed by atoms with Gasteiger partial charge in [0, 0.05) is 23.2 Å². The van der Waals surface area contributed by atoms with Crippen LogP contribution < -0.4 is 10.5 Å². The number of nitrogens with zero attached hydrogens (tertiary/aromatic N) is 3. The molecule has 1 saturated carbocycles. The molecule has 1 unspecified atom stereocenters. The Bertz CT molecular complexity index is 1020. The van der Waals surface area contributed by atoms with Crippen LogP contribution in [0.5, 0.6) is 0 Å². The standard InChI is InChI=1S/C23H34ClN5O2S2/c1-2-12-29(18-7-9-20-21(14-18)32-23(25)27-20)13-11-16-3-5-17(6-4-16)28-33(30,31)19-8-10-22(24)26-15-19/h8,10,15-18,28H,2-7,9,11-14H2,1H3,(H2,25,27). The first-order valence-corrected chi connectivity index (χ1v) is 14.6. The highest BCUT2D eigenvalue weighted by molar-refractivity contribution is 7.89. The number of fused-ring (bicyclic) bond motifs is 1. The van der Waals surface area contributed by atoms with E-state index in [9.17, 15) is 8.42 Å². The largest absolute Gasteiger partial charge is 0.375 e. The number of hydrogen-bond donors (Lipinski definition) is 2. The predicted molar refractivity (Wildman–Crippen MR) is 134 cm³/mol. The topological polar surface area (TPSA) is 101 Å². The lowest BCUT2D eigenvalue weighted by Gasteiger charge is -2.36. The van der Waals surface area contributed by atoms with Gasteiger partial charge in [-0.2, -0.15) is 0 Å². The van der Waals surface area contributed by atoms with Gasteiger partial charge in [-0.3, -0.25) is 0 Å². The normalized spacial score (nSPS) is 23.5. The zero-order chi connectivity index (χ0) is 23.4. The number of thiazole rings is 1. The Morgan fingerprint density at radius 2 is 2.00 bits per heavy atom. The summed E-state index contributed by atoms with van der Waals surface area (Å²) in [5, 5.41) is 0.985. The van der Waals surface area contributed by atoms with Crippen molar-refractivity contribution in [1.82, 2.24) is 19.6 Å². The van der Waals surface area contributed by atoms with Crippen molar-refractivity contribution in [2.24, 2.45) is 5.92 Å². The van der Waals surface area contributed by atoms with Crippen LogP contribution in [-0.2, 0) is 22.9 Å². The van der Waals surface area contributed by atoms with Gasteiger partial charge in [-0.15, -0.1) is 11.3 Å². The van der Waals surface area contributed by atoms with E-state index in [4.69, 9.17) is 17.3 Å². The van der Waals surface area contributed by atoms with Gasteiger partial charge in [0.2, 0.25) is 10.0 Å². The highest BCUT2D eigenvalue weighted by Gasteiger charge is 2.29. The number of nitrogens with two attached hydrogens (primary N) is 1. The zero-order valence-electron chi connectivity index (χ0n) is 19.2. The summed E-state index contributed by atoms with van der Waals surface area (Å²) in [5.74, 6) is 0.653. The molecule has 2 aromatic rings. The number of rotatable bonds is 9. The third-order valence-corrected chi connectivity index (χ3v) is 9.64. The van der Waals surface area contributed by atoms with E-state index in [1.54, 1.807) is 11.3 Å². The molecule has 182 valence electrons. The van der Waals surface area contributed by atoms with E-state index in [2.05, 4.69) is 26.5 Å². The maximum absolute atomic E-state index is 12.6. The van der Waals surface area contributed by atoms with E-state index in [1.165, 1.54) is 35.3 Å². The first kappa shape index (κ1) is 24.9. The Labute approximate surface area is 206 Å². The number of anilines is 1. The lowest BCUT2D eigenvalue weighted by Crippen LogP contribution is -2.41. The van der Waals surface area contributed by atoms with Gasteiger partial charge in [-0.05, 0) is 88.9 Å². The number of pyridine rings is 1. The third kappa shape index (κ3) is 6.45. The van der Waals surface area contributed by atoms with Crippen molar-refractivity contribution in [1.29, 1.82) is 0 Å². The molecule has 1 atom stereocenters. The van der Waals surface area contributed by atoms with Gasteiger partial charge in [0.15, 0.2) is 5.13 Å². The van der Waals surface area contributed by atoms with Gasteiger partial charge in [0.25, 0.3) is 0 Å². The Kier molecular flexibility index (Phi) is 8.28. The summed E-state index contributed by atoms with van der Waals surface area (Å²) in [5.41, 5.74) is 7.13. The fourth-order valence-corrected chi connectivity index (χ4v) is 7.49. The first-order chi connectivity index (χ1) is 15.8. The Morgan fingerprint density at radius 1 is 1.21 bits per heavy atom. The molecule has 10 heteroatoms. The monoisotopic (exact) mass is 511 g/mol. The molecule has 7 nitrogen and oxygen atoms in total. The number of aromatic nitrogens is 2. The van der Waals surface area contributed by atoms with Gasteiger partial charge in [0.1, 0.15) is 10.0 Å². The Hall–Kier alpha value is -1.26. The molecule has 0 amide bonds. The van der Waals surface area contributed by atoms with Crippen molar-refractivity contribution >= 4 is 38.1 Å². The summed E-state index contributed by atoms with van der Waals surface area (Å²) >= 11 is 7.43. The van der Waals surface area contributed by atoms with Crippen LogP contribution in [0.2, 0.25) is 5.15 Å². The van der Waals surface area contributed by atoms with E-state index in [0.29, 0.717) is 17.1 Å². The first-order valence-electron chi connectivity index (χ1n) is 12.0. The van der Waals surface area contributed by atoms with Gasteiger partial charge < -0.3 is 10.6 Å². The quantitative estimate of drug-likeness (QED) is 0.487. The molecule has 0 aromatic carbocycles. The van der Waals surface area contributed by atoms with Gasteiger partial charge >= 0.3 is 0 Å². The molecule has 0 bridgehead atoms. The maximum Gasteiger partial charge on any atom is 0.242 e. The lowest BCUT2D eigenvalue weighted by molar-refractivity contribution is 0.158. The maximum atomic E-state index is 12.6. The summed E-state index contributed by atoms with van der Waals surface area (Å²) in [4.78, 5) is 12.6. The average Bonchev–Trinajstić information content (AvgIpc) is 3.17. The minimum atomic E-state index is -3.56. The number of nitrogens with one attached hydrogen (secondary N) is 1. The average molecular weight is 512 g/mol. The molecule has 1 fully saturated rings. The molecular formula is C23H34ClN5O2S2. The SMILES string of the molecule is CCCN(CCC1CCC(NS(=O)(=O)c2ccc(Cl)nc2)CC1)C1CCc2nc(N)sc2C1. The van der Waals surface area contributed by atoms with Crippen molar-refractivity contribution in [2.75, 3.05) is 18.8 Å². The summed E-state index contributed by atoms with van der Waals surface area (Å²) in [6.45, 7) is 4.48. The summed E-state index contributed by atoms with van der Waals surface area (Å²) in [6.07, 6.45) is 10.8. The van der Waals surface area contributed by atoms with E-state index in [1.807, 2.05) is 0 Å². The predicted octanol–water partition coefficient (Wildman–Crippen LogP) is 4.27. The van der Waals surface area contributed by atoms with Crippen LogP contribution in [0.3, 0.4) is 0 Å². The highest BCUT2D eigenvalue weighted by Crippen LogP contribution is 2.32. The fraction of sp³-hybridized carbons (Fsp3) is 0.652. The van der Waals surface area contributed by atoms with Crippen molar-refractivity contribution in [3.63, 3.8) is 0 Å². The molecule has 0 spiro atoms. The van der Waals surface area contributed by atoms with E-state index < -0.39 is 10.0 Å². The minimum absolute atomic E-state index is 0.0118. The number of halogens is 1. The molecule has 2 aliphatic carbocycles. The van der Waals surface area contributed by atoms with E-state index in [0.717, 1.165) is 64.5 Å². The minimum Gasteiger partial charge on any atom is -0.375 e. The summed E-state index contributed by atoms with van der Waals surface area (Å²) < 4.78 is 28.1. The molecule has 0 radical (unpaired) electrons. The summed E-state index contributed by atoms with van der Waals surface area (Å²) in [6, 6.07) is 3.57. The molecule has 3 N–H and O–H groups in total. The number of hydrogen-bond acceptors (Lipinski definition) is 7. The molecule has 0 saturated heterocycles. The van der Waals surface area contributed by atoms with Crippen LogP contribution in [0.1, 0.15) is 62.4 Å². The van der Waals surface area contributed by atoms with Crippen molar-refractivity contribution in [2.45, 2.75) is 81.7 Å².